The van der Waals surface area contributed by atoms with Gasteiger partial charge in [0, 0.05) is 37.3 Å². The zero-order valence-electron chi connectivity index (χ0n) is 32.3. The van der Waals surface area contributed by atoms with Crippen LogP contribution in [0.3, 0.4) is 0 Å². The molecule has 0 saturated heterocycles. The minimum atomic E-state index is -0.757. The Morgan fingerprint density at radius 1 is 0.754 bits per heavy atom. The second kappa shape index (κ2) is 16.8. The molecule has 57 heavy (non-hydrogen) atoms. The highest BCUT2D eigenvalue weighted by Crippen LogP contribution is 2.33. The van der Waals surface area contributed by atoms with Crippen molar-refractivity contribution in [1.82, 2.24) is 44.0 Å². The number of hydrogen-bond acceptors (Lipinski definition) is 11. The number of amides is 4. The van der Waals surface area contributed by atoms with Crippen molar-refractivity contribution in [1.29, 1.82) is 0 Å². The summed E-state index contributed by atoms with van der Waals surface area (Å²) >= 11 is 0. The average Bonchev–Trinajstić information content (AvgIpc) is 3.94. The molecule has 0 radical (unpaired) electrons. The van der Waals surface area contributed by atoms with Gasteiger partial charge in [0.25, 0.3) is 11.8 Å². The molecule has 8 N–H and O–H groups in total. The quantitative estimate of drug-likeness (QED) is 0.0579. The van der Waals surface area contributed by atoms with E-state index in [0.29, 0.717) is 72.2 Å². The van der Waals surface area contributed by atoms with Crippen LogP contribution in [0.2, 0.25) is 0 Å². The van der Waals surface area contributed by atoms with Crippen molar-refractivity contribution in [3.8, 4) is 11.5 Å². The van der Waals surface area contributed by atoms with Crippen molar-refractivity contribution >= 4 is 57.6 Å². The van der Waals surface area contributed by atoms with Gasteiger partial charge in [0.15, 0.2) is 0 Å². The standard InChI is InChI=1S/C38H45N13O6/c1-6-50-27(15-21(3)46-50)35(55)44-37-42-25-17-23(33(39)53)19-29(52)31(25)48(37)12-8-9-13-49-32-26(18-24(34(40)54)20-30(32)57-14-10-11-41-5)43-38(49)45-36(56)28-16-22(4)47-51(28)7-2/h8-9,15-20,41,52H,6-7,10-14H2,1-5H3,(H2,39,53)(H2,40,54)(H,42,44,55)(H,43,45,56)/b9-8+. The first-order valence-corrected chi connectivity index (χ1v) is 18.3. The first kappa shape index (κ1) is 39.7. The highest BCUT2D eigenvalue weighted by molar-refractivity contribution is 6.05. The molecule has 0 aliphatic heterocycles. The third kappa shape index (κ3) is 8.32. The average molecular weight is 780 g/mol. The van der Waals surface area contributed by atoms with E-state index in [2.05, 4.69) is 31.1 Å². The molecule has 298 valence electrons. The number of carbonyl (C=O) groups is 4. The lowest BCUT2D eigenvalue weighted by Crippen LogP contribution is -2.20. The summed E-state index contributed by atoms with van der Waals surface area (Å²) in [5.74, 6) is -2.01. The predicted molar refractivity (Wildman–Crippen MR) is 213 cm³/mol. The number of allylic oxidation sites excluding steroid dienone is 2. The Morgan fingerprint density at radius 2 is 1.25 bits per heavy atom. The third-order valence-electron chi connectivity index (χ3n) is 9.09. The minimum absolute atomic E-state index is 0.0416. The number of hydrogen-bond donors (Lipinski definition) is 6. The van der Waals surface area contributed by atoms with E-state index in [1.54, 1.807) is 62.7 Å². The number of aromatic hydroxyl groups is 1. The molecular weight excluding hydrogens is 735 g/mol. The van der Waals surface area contributed by atoms with Gasteiger partial charge < -0.3 is 35.8 Å². The van der Waals surface area contributed by atoms with Gasteiger partial charge >= 0.3 is 0 Å². The third-order valence-corrected chi connectivity index (χ3v) is 9.09. The van der Waals surface area contributed by atoms with E-state index in [-0.39, 0.29) is 52.9 Å². The van der Waals surface area contributed by atoms with Gasteiger partial charge in [-0.1, -0.05) is 12.2 Å². The molecule has 0 aliphatic rings. The Hall–Kier alpha value is -7.02. The molecule has 0 bridgehead atoms. The summed E-state index contributed by atoms with van der Waals surface area (Å²) in [5, 5.41) is 28.6. The van der Waals surface area contributed by atoms with E-state index in [1.807, 2.05) is 20.9 Å². The van der Waals surface area contributed by atoms with E-state index in [4.69, 9.17) is 21.2 Å². The maximum atomic E-state index is 13.7. The van der Waals surface area contributed by atoms with Gasteiger partial charge in [-0.2, -0.15) is 10.2 Å². The lowest BCUT2D eigenvalue weighted by molar-refractivity contribution is 0.0991. The number of carbonyl (C=O) groups excluding carboxylic acids is 4. The molecule has 0 fully saturated rings. The molecule has 4 aromatic heterocycles. The fourth-order valence-corrected chi connectivity index (χ4v) is 6.48. The first-order valence-electron chi connectivity index (χ1n) is 18.3. The number of rotatable bonds is 17. The van der Waals surface area contributed by atoms with Crippen molar-refractivity contribution in [3.63, 3.8) is 0 Å². The van der Waals surface area contributed by atoms with Gasteiger partial charge in [-0.3, -0.25) is 39.2 Å². The summed E-state index contributed by atoms with van der Waals surface area (Å²) in [6.45, 7) is 9.48. The molecular formula is C38H45N13O6. The van der Waals surface area contributed by atoms with Crippen molar-refractivity contribution in [3.05, 3.63) is 82.5 Å². The molecule has 19 heteroatoms. The monoisotopic (exact) mass is 779 g/mol. The Kier molecular flexibility index (Phi) is 11.7. The van der Waals surface area contributed by atoms with Crippen molar-refractivity contribution in [2.24, 2.45) is 11.5 Å². The fourth-order valence-electron chi connectivity index (χ4n) is 6.48. The van der Waals surface area contributed by atoms with E-state index in [1.165, 1.54) is 18.2 Å². The number of phenols is 1. The molecule has 4 amide bonds. The Morgan fingerprint density at radius 3 is 1.74 bits per heavy atom. The summed E-state index contributed by atoms with van der Waals surface area (Å²) in [4.78, 5) is 60.8. The number of benzene rings is 2. The second-order valence-corrected chi connectivity index (χ2v) is 13.2. The van der Waals surface area contributed by atoms with E-state index < -0.39 is 23.6 Å². The lowest BCUT2D eigenvalue weighted by Gasteiger charge is -2.13. The zero-order valence-corrected chi connectivity index (χ0v) is 32.3. The molecule has 0 aliphatic carbocycles. The fraction of sp³-hybridized carbons (Fsp3) is 0.316. The predicted octanol–water partition coefficient (Wildman–Crippen LogP) is 3.09. The van der Waals surface area contributed by atoms with E-state index in [9.17, 15) is 24.3 Å². The van der Waals surface area contributed by atoms with Crippen LogP contribution >= 0.6 is 0 Å². The molecule has 0 atom stereocenters. The van der Waals surface area contributed by atoms with Crippen LogP contribution in [-0.2, 0) is 26.2 Å². The maximum absolute atomic E-state index is 13.7. The summed E-state index contributed by atoms with van der Waals surface area (Å²) in [7, 11) is 1.83. The number of aryl methyl sites for hydroxylation is 4. The molecule has 6 rings (SSSR count). The number of aromatic nitrogens is 8. The molecule has 4 heterocycles. The van der Waals surface area contributed by atoms with Crippen LogP contribution < -0.4 is 32.2 Å². The normalized spacial score (nSPS) is 11.5. The topological polar surface area (TPSA) is 257 Å². The summed E-state index contributed by atoms with van der Waals surface area (Å²) < 4.78 is 12.6. The van der Waals surface area contributed by atoms with Crippen LogP contribution in [0, 0.1) is 13.8 Å². The zero-order chi connectivity index (χ0) is 41.0. The SMILES string of the molecule is CCn1nc(C)cc1C(=O)Nc1nc2cc(C(N)=O)cc(O)c2n1C/C=C/Cn1c(NC(=O)c2cc(C)nn2CC)nc2cc(C(N)=O)cc(OCCCNC)c21. The van der Waals surface area contributed by atoms with Crippen LogP contribution in [0.1, 0.15) is 73.3 Å². The highest BCUT2D eigenvalue weighted by atomic mass is 16.5. The molecule has 19 nitrogen and oxygen atoms in total. The molecule has 0 saturated carbocycles. The Balaban J connectivity index is 1.39. The summed E-state index contributed by atoms with van der Waals surface area (Å²) in [6, 6.07) is 9.10. The summed E-state index contributed by atoms with van der Waals surface area (Å²) in [5.41, 5.74) is 14.7. The van der Waals surface area contributed by atoms with E-state index >= 15 is 0 Å². The highest BCUT2D eigenvalue weighted by Gasteiger charge is 2.23. The molecule has 0 unspecified atom stereocenters. The second-order valence-electron chi connectivity index (χ2n) is 13.2. The molecule has 2 aromatic carbocycles. The van der Waals surface area contributed by atoms with Gasteiger partial charge in [0.1, 0.15) is 33.9 Å². The number of ether oxygens (including phenoxy) is 1. The number of nitrogens with zero attached hydrogens (tertiary/aromatic N) is 8. The number of fused-ring (bicyclic) bond motifs is 2. The Labute approximate surface area is 326 Å². The van der Waals surface area contributed by atoms with Crippen LogP contribution in [-0.4, -0.2) is 87.6 Å². The van der Waals surface area contributed by atoms with Crippen LogP contribution in [0.5, 0.6) is 11.5 Å². The Bertz CT molecular complexity index is 2540. The van der Waals surface area contributed by atoms with Crippen molar-refractivity contribution in [2.75, 3.05) is 30.8 Å². The number of anilines is 2. The van der Waals surface area contributed by atoms with Gasteiger partial charge in [-0.15, -0.1) is 0 Å². The van der Waals surface area contributed by atoms with Gasteiger partial charge in [-0.25, -0.2) is 9.97 Å². The van der Waals surface area contributed by atoms with Crippen molar-refractivity contribution < 1.29 is 29.0 Å². The maximum Gasteiger partial charge on any atom is 0.276 e. The van der Waals surface area contributed by atoms with Crippen molar-refractivity contribution in [2.45, 2.75) is 60.3 Å². The number of primary amides is 2. The van der Waals surface area contributed by atoms with Gasteiger partial charge in [0.2, 0.25) is 23.7 Å². The lowest BCUT2D eigenvalue weighted by atomic mass is 10.1. The molecule has 6 aromatic rings. The molecule has 0 spiro atoms. The smallest absolute Gasteiger partial charge is 0.276 e. The minimum Gasteiger partial charge on any atom is -0.506 e. The number of imidazole rings is 2. The summed E-state index contributed by atoms with van der Waals surface area (Å²) in [6.07, 6.45) is 4.24. The van der Waals surface area contributed by atoms with Gasteiger partial charge in [-0.05, 0) is 84.1 Å². The number of nitrogens with one attached hydrogen (secondary N) is 3. The number of nitrogens with two attached hydrogens (primary N) is 2. The largest absolute Gasteiger partial charge is 0.506 e. The number of phenolic OH excluding ortho intramolecular Hbond substituents is 1. The first-order chi connectivity index (χ1) is 27.3. The van der Waals surface area contributed by atoms with E-state index in [0.717, 1.165) is 0 Å². The van der Waals surface area contributed by atoms with Gasteiger partial charge in [0.05, 0.1) is 29.0 Å². The van der Waals surface area contributed by atoms with Crippen LogP contribution in [0.15, 0.2) is 48.6 Å². The van der Waals surface area contributed by atoms with Crippen LogP contribution in [0.4, 0.5) is 11.9 Å². The van der Waals surface area contributed by atoms with Crippen LogP contribution in [0.25, 0.3) is 22.1 Å².